The lowest BCUT2D eigenvalue weighted by molar-refractivity contribution is 0.183. The maximum Gasteiger partial charge on any atom is 0.0124 e. The lowest BCUT2D eigenvalue weighted by atomic mass is 9.85. The van der Waals surface area contributed by atoms with Gasteiger partial charge in [-0.1, -0.05) is 12.8 Å². The van der Waals surface area contributed by atoms with Gasteiger partial charge in [-0.25, -0.2) is 0 Å². The highest BCUT2D eigenvalue weighted by Crippen LogP contribution is 2.35. The molecule has 1 saturated heterocycles. The van der Waals surface area contributed by atoms with Crippen molar-refractivity contribution in [1.82, 2.24) is 10.2 Å². The molecule has 0 radical (unpaired) electrons. The molecule has 2 atom stereocenters. The van der Waals surface area contributed by atoms with Gasteiger partial charge in [0.25, 0.3) is 0 Å². The van der Waals surface area contributed by atoms with Crippen LogP contribution in [0.4, 0.5) is 0 Å². The molecule has 2 unspecified atom stereocenters. The Balaban J connectivity index is 1.44. The number of hydrogen-bond donors (Lipinski definition) is 1. The van der Waals surface area contributed by atoms with Gasteiger partial charge in [0.2, 0.25) is 0 Å². The van der Waals surface area contributed by atoms with Crippen LogP contribution in [-0.4, -0.2) is 36.6 Å². The van der Waals surface area contributed by atoms with E-state index in [9.17, 15) is 0 Å². The monoisotopic (exact) mass is 208 g/mol. The number of nitrogens with one attached hydrogen (secondary N) is 1. The molecule has 1 aliphatic heterocycles. The van der Waals surface area contributed by atoms with Gasteiger partial charge in [0.05, 0.1) is 0 Å². The number of nitrogens with zero attached hydrogens (tertiary/aromatic N) is 1. The van der Waals surface area contributed by atoms with Crippen molar-refractivity contribution in [3.63, 3.8) is 0 Å². The first-order valence-electron chi connectivity index (χ1n) is 6.91. The SMILES string of the molecule is C1CCC2C(C1)CCN2CCNC1CC1. The smallest absolute Gasteiger partial charge is 0.0124 e. The summed E-state index contributed by atoms with van der Waals surface area (Å²) < 4.78 is 0. The molecule has 0 aromatic carbocycles. The van der Waals surface area contributed by atoms with Crippen molar-refractivity contribution in [2.24, 2.45) is 5.92 Å². The van der Waals surface area contributed by atoms with Crippen molar-refractivity contribution in [1.29, 1.82) is 0 Å². The second-order valence-electron chi connectivity index (χ2n) is 5.66. The zero-order chi connectivity index (χ0) is 10.1. The summed E-state index contributed by atoms with van der Waals surface area (Å²) in [7, 11) is 0. The quantitative estimate of drug-likeness (QED) is 0.760. The van der Waals surface area contributed by atoms with Gasteiger partial charge in [-0.15, -0.1) is 0 Å². The predicted octanol–water partition coefficient (Wildman–Crippen LogP) is 2.00. The summed E-state index contributed by atoms with van der Waals surface area (Å²) in [6.45, 7) is 3.91. The molecule has 0 aromatic heterocycles. The Labute approximate surface area is 93.4 Å². The van der Waals surface area contributed by atoms with Gasteiger partial charge in [0.15, 0.2) is 0 Å². The Morgan fingerprint density at radius 1 is 1.00 bits per heavy atom. The molecule has 0 aromatic rings. The van der Waals surface area contributed by atoms with Gasteiger partial charge in [-0.05, 0) is 44.6 Å². The van der Waals surface area contributed by atoms with Crippen LogP contribution in [0, 0.1) is 5.92 Å². The lowest BCUT2D eigenvalue weighted by Gasteiger charge is -2.31. The molecule has 2 saturated carbocycles. The predicted molar refractivity (Wildman–Crippen MR) is 63.0 cm³/mol. The average molecular weight is 208 g/mol. The van der Waals surface area contributed by atoms with Crippen LogP contribution < -0.4 is 5.32 Å². The molecule has 15 heavy (non-hydrogen) atoms. The molecule has 1 N–H and O–H groups in total. The first kappa shape index (κ1) is 10.1. The molecule has 0 spiro atoms. The van der Waals surface area contributed by atoms with E-state index in [1.54, 1.807) is 0 Å². The molecule has 1 heterocycles. The Kier molecular flexibility index (Phi) is 2.98. The standard InChI is InChI=1S/C13H24N2/c1-2-4-13-11(3-1)7-9-15(13)10-8-14-12-5-6-12/h11-14H,1-10H2. The number of likely N-dealkylation sites (tertiary alicyclic amines) is 1. The van der Waals surface area contributed by atoms with Crippen LogP contribution in [0.3, 0.4) is 0 Å². The summed E-state index contributed by atoms with van der Waals surface area (Å²) in [6.07, 6.45) is 10.3. The largest absolute Gasteiger partial charge is 0.313 e. The fraction of sp³-hybridized carbons (Fsp3) is 1.00. The maximum absolute atomic E-state index is 3.64. The number of hydrogen-bond acceptors (Lipinski definition) is 2. The summed E-state index contributed by atoms with van der Waals surface area (Å²) >= 11 is 0. The molecular formula is C13H24N2. The topological polar surface area (TPSA) is 15.3 Å². The number of fused-ring (bicyclic) bond motifs is 1. The fourth-order valence-corrected chi connectivity index (χ4v) is 3.48. The summed E-state index contributed by atoms with van der Waals surface area (Å²) in [5.41, 5.74) is 0. The van der Waals surface area contributed by atoms with Crippen LogP contribution in [-0.2, 0) is 0 Å². The second-order valence-corrected chi connectivity index (χ2v) is 5.66. The Hall–Kier alpha value is -0.0800. The maximum atomic E-state index is 3.64. The summed E-state index contributed by atoms with van der Waals surface area (Å²) in [4.78, 5) is 2.76. The first-order chi connectivity index (χ1) is 7.43. The number of rotatable bonds is 4. The fourth-order valence-electron chi connectivity index (χ4n) is 3.48. The second kappa shape index (κ2) is 4.42. The molecule has 0 amide bonds. The molecule has 2 aliphatic carbocycles. The van der Waals surface area contributed by atoms with Gasteiger partial charge >= 0.3 is 0 Å². The zero-order valence-corrected chi connectivity index (χ0v) is 9.75. The van der Waals surface area contributed by atoms with E-state index in [4.69, 9.17) is 0 Å². The first-order valence-corrected chi connectivity index (χ1v) is 6.91. The van der Waals surface area contributed by atoms with Crippen LogP contribution in [0.2, 0.25) is 0 Å². The van der Waals surface area contributed by atoms with E-state index in [1.807, 2.05) is 0 Å². The van der Waals surface area contributed by atoms with Gasteiger partial charge < -0.3 is 5.32 Å². The van der Waals surface area contributed by atoms with Crippen LogP contribution in [0.15, 0.2) is 0 Å². The normalized spacial score (nSPS) is 36.8. The molecule has 3 aliphatic rings. The minimum absolute atomic E-state index is 0.884. The van der Waals surface area contributed by atoms with Gasteiger partial charge in [0, 0.05) is 25.2 Å². The lowest BCUT2D eigenvalue weighted by Crippen LogP contribution is -2.39. The van der Waals surface area contributed by atoms with Crippen LogP contribution in [0.1, 0.15) is 44.9 Å². The highest BCUT2D eigenvalue weighted by atomic mass is 15.2. The third kappa shape index (κ3) is 2.36. The van der Waals surface area contributed by atoms with E-state index < -0.39 is 0 Å². The molecule has 2 nitrogen and oxygen atoms in total. The third-order valence-electron chi connectivity index (χ3n) is 4.53. The minimum Gasteiger partial charge on any atom is -0.313 e. The average Bonchev–Trinajstić information content (AvgIpc) is 3.00. The summed E-state index contributed by atoms with van der Waals surface area (Å²) in [5.74, 6) is 1.06. The Bertz CT molecular complexity index is 213. The highest BCUT2D eigenvalue weighted by molar-refractivity contribution is 4.90. The van der Waals surface area contributed by atoms with E-state index >= 15 is 0 Å². The van der Waals surface area contributed by atoms with E-state index in [0.29, 0.717) is 0 Å². The van der Waals surface area contributed by atoms with E-state index in [-0.39, 0.29) is 0 Å². The highest BCUT2D eigenvalue weighted by Gasteiger charge is 2.35. The van der Waals surface area contributed by atoms with Crippen LogP contribution in [0.5, 0.6) is 0 Å². The molecule has 2 heteroatoms. The molecule has 3 rings (SSSR count). The Morgan fingerprint density at radius 3 is 2.73 bits per heavy atom. The molecule has 0 bridgehead atoms. The van der Waals surface area contributed by atoms with Crippen molar-refractivity contribution in [3.05, 3.63) is 0 Å². The van der Waals surface area contributed by atoms with Crippen molar-refractivity contribution in [2.45, 2.75) is 57.0 Å². The zero-order valence-electron chi connectivity index (χ0n) is 9.75. The van der Waals surface area contributed by atoms with Crippen LogP contribution >= 0.6 is 0 Å². The van der Waals surface area contributed by atoms with E-state index in [0.717, 1.165) is 18.0 Å². The van der Waals surface area contributed by atoms with Gasteiger partial charge in [-0.3, -0.25) is 4.90 Å². The van der Waals surface area contributed by atoms with Gasteiger partial charge in [-0.2, -0.15) is 0 Å². The Morgan fingerprint density at radius 2 is 1.87 bits per heavy atom. The summed E-state index contributed by atoms with van der Waals surface area (Å²) in [5, 5.41) is 3.64. The third-order valence-corrected chi connectivity index (χ3v) is 4.53. The minimum atomic E-state index is 0.884. The summed E-state index contributed by atoms with van der Waals surface area (Å²) in [6, 6.07) is 1.84. The van der Waals surface area contributed by atoms with Crippen LogP contribution in [0.25, 0.3) is 0 Å². The van der Waals surface area contributed by atoms with E-state index in [2.05, 4.69) is 10.2 Å². The van der Waals surface area contributed by atoms with Crippen molar-refractivity contribution in [2.75, 3.05) is 19.6 Å². The van der Waals surface area contributed by atoms with Crippen molar-refractivity contribution in [3.8, 4) is 0 Å². The molecule has 86 valence electrons. The van der Waals surface area contributed by atoms with E-state index in [1.165, 1.54) is 64.6 Å². The van der Waals surface area contributed by atoms with Gasteiger partial charge in [0.1, 0.15) is 0 Å². The van der Waals surface area contributed by atoms with Crippen molar-refractivity contribution >= 4 is 0 Å². The molecule has 3 fully saturated rings. The van der Waals surface area contributed by atoms with Crippen molar-refractivity contribution < 1.29 is 0 Å². The molecular weight excluding hydrogens is 184 g/mol.